The summed E-state index contributed by atoms with van der Waals surface area (Å²) in [5.41, 5.74) is 0. The van der Waals surface area contributed by atoms with Crippen LogP contribution in [0.3, 0.4) is 0 Å². The minimum atomic E-state index is 0.646. The first-order valence-corrected chi connectivity index (χ1v) is 6.59. The Balaban J connectivity index is 4.08. The van der Waals surface area contributed by atoms with Crippen molar-refractivity contribution >= 4 is 0 Å². The van der Waals surface area contributed by atoms with Gasteiger partial charge in [-0.2, -0.15) is 0 Å². The Morgan fingerprint density at radius 3 is 1.93 bits per heavy atom. The number of nitrogens with one attached hydrogen (secondary N) is 1. The number of nitrogens with zero attached hydrogens (tertiary/aromatic N) is 1. The van der Waals surface area contributed by atoms with Crippen molar-refractivity contribution in [3.8, 4) is 0 Å². The summed E-state index contributed by atoms with van der Waals surface area (Å²) in [5.74, 6) is 0.770. The molecule has 0 fully saturated rings. The molecule has 0 aliphatic carbocycles. The SMILES string of the molecule is CCCN(CCC)CC(NC)C(C)CC. The molecule has 0 spiro atoms. The molecular formula is C13H30N2. The van der Waals surface area contributed by atoms with Crippen LogP contribution < -0.4 is 5.32 Å². The predicted molar refractivity (Wildman–Crippen MR) is 69.3 cm³/mol. The molecule has 0 bridgehead atoms. The smallest absolute Gasteiger partial charge is 0.0217 e. The van der Waals surface area contributed by atoms with E-state index < -0.39 is 0 Å². The fourth-order valence-corrected chi connectivity index (χ4v) is 2.05. The Kier molecular flexibility index (Phi) is 9.12. The van der Waals surface area contributed by atoms with E-state index in [2.05, 4.69) is 45.0 Å². The molecule has 2 atom stereocenters. The lowest BCUT2D eigenvalue weighted by Crippen LogP contribution is -2.43. The van der Waals surface area contributed by atoms with Crippen LogP contribution in [-0.4, -0.2) is 37.6 Å². The van der Waals surface area contributed by atoms with E-state index in [0.717, 1.165) is 5.92 Å². The van der Waals surface area contributed by atoms with Gasteiger partial charge < -0.3 is 10.2 Å². The standard InChI is InChI=1S/C13H30N2/c1-6-9-15(10-7-2)11-13(14-5)12(4)8-3/h12-14H,6-11H2,1-5H3. The number of likely N-dealkylation sites (N-methyl/N-ethyl adjacent to an activating group) is 1. The van der Waals surface area contributed by atoms with Gasteiger partial charge in [0.15, 0.2) is 0 Å². The third-order valence-electron chi connectivity index (χ3n) is 3.24. The fraction of sp³-hybridized carbons (Fsp3) is 1.00. The summed E-state index contributed by atoms with van der Waals surface area (Å²) in [6.45, 7) is 12.8. The molecule has 92 valence electrons. The molecular weight excluding hydrogens is 184 g/mol. The summed E-state index contributed by atoms with van der Waals surface area (Å²) < 4.78 is 0. The van der Waals surface area contributed by atoms with Crippen molar-refractivity contribution in [3.63, 3.8) is 0 Å². The summed E-state index contributed by atoms with van der Waals surface area (Å²) >= 11 is 0. The van der Waals surface area contributed by atoms with Crippen LogP contribution in [0.25, 0.3) is 0 Å². The van der Waals surface area contributed by atoms with Gasteiger partial charge >= 0.3 is 0 Å². The van der Waals surface area contributed by atoms with Crippen molar-refractivity contribution in [2.45, 2.75) is 53.0 Å². The predicted octanol–water partition coefficient (Wildman–Crippen LogP) is 2.74. The van der Waals surface area contributed by atoms with Gasteiger partial charge in [-0.3, -0.25) is 0 Å². The second kappa shape index (κ2) is 9.17. The maximum atomic E-state index is 3.46. The topological polar surface area (TPSA) is 15.3 Å². The van der Waals surface area contributed by atoms with Gasteiger partial charge in [0.1, 0.15) is 0 Å². The second-order valence-electron chi connectivity index (χ2n) is 4.58. The van der Waals surface area contributed by atoms with Crippen LogP contribution in [0, 0.1) is 5.92 Å². The first-order valence-electron chi connectivity index (χ1n) is 6.59. The monoisotopic (exact) mass is 214 g/mol. The molecule has 0 saturated heterocycles. The van der Waals surface area contributed by atoms with Crippen LogP contribution in [0.4, 0.5) is 0 Å². The van der Waals surface area contributed by atoms with Crippen LogP contribution in [0.1, 0.15) is 47.0 Å². The summed E-state index contributed by atoms with van der Waals surface area (Å²) in [4.78, 5) is 2.59. The van der Waals surface area contributed by atoms with E-state index in [1.54, 1.807) is 0 Å². The normalized spacial score (nSPS) is 15.6. The third kappa shape index (κ3) is 6.16. The van der Waals surface area contributed by atoms with Crippen molar-refractivity contribution in [1.29, 1.82) is 0 Å². The number of hydrogen-bond acceptors (Lipinski definition) is 2. The Morgan fingerprint density at radius 1 is 1.07 bits per heavy atom. The molecule has 0 aliphatic heterocycles. The molecule has 0 amide bonds. The van der Waals surface area contributed by atoms with E-state index in [-0.39, 0.29) is 0 Å². The molecule has 0 aromatic carbocycles. The molecule has 0 aromatic rings. The zero-order valence-electron chi connectivity index (χ0n) is 11.3. The molecule has 0 aliphatic rings. The van der Waals surface area contributed by atoms with Gasteiger partial charge in [-0.1, -0.05) is 34.1 Å². The van der Waals surface area contributed by atoms with Gasteiger partial charge in [-0.05, 0) is 38.9 Å². The average Bonchev–Trinajstić information content (AvgIpc) is 2.25. The van der Waals surface area contributed by atoms with Crippen molar-refractivity contribution in [2.24, 2.45) is 5.92 Å². The summed E-state index contributed by atoms with van der Waals surface area (Å²) in [6.07, 6.45) is 3.78. The zero-order chi connectivity index (χ0) is 11.7. The van der Waals surface area contributed by atoms with E-state index in [9.17, 15) is 0 Å². The Bertz CT molecular complexity index is 130. The largest absolute Gasteiger partial charge is 0.315 e. The highest BCUT2D eigenvalue weighted by atomic mass is 15.1. The number of hydrogen-bond donors (Lipinski definition) is 1. The minimum Gasteiger partial charge on any atom is -0.315 e. The highest BCUT2D eigenvalue weighted by Crippen LogP contribution is 2.09. The van der Waals surface area contributed by atoms with Gasteiger partial charge in [0.2, 0.25) is 0 Å². The van der Waals surface area contributed by atoms with Gasteiger partial charge in [-0.15, -0.1) is 0 Å². The van der Waals surface area contributed by atoms with Crippen LogP contribution in [0.5, 0.6) is 0 Å². The van der Waals surface area contributed by atoms with Crippen LogP contribution >= 0.6 is 0 Å². The fourth-order valence-electron chi connectivity index (χ4n) is 2.05. The van der Waals surface area contributed by atoms with Gasteiger partial charge in [0.05, 0.1) is 0 Å². The quantitative estimate of drug-likeness (QED) is 0.635. The lowest BCUT2D eigenvalue weighted by molar-refractivity contribution is 0.216. The Morgan fingerprint density at radius 2 is 1.60 bits per heavy atom. The zero-order valence-corrected chi connectivity index (χ0v) is 11.3. The van der Waals surface area contributed by atoms with Crippen LogP contribution in [-0.2, 0) is 0 Å². The molecule has 0 rings (SSSR count). The minimum absolute atomic E-state index is 0.646. The molecule has 2 unspecified atom stereocenters. The van der Waals surface area contributed by atoms with Crippen molar-refractivity contribution in [1.82, 2.24) is 10.2 Å². The molecule has 15 heavy (non-hydrogen) atoms. The molecule has 2 heteroatoms. The van der Waals surface area contributed by atoms with Crippen molar-refractivity contribution < 1.29 is 0 Å². The first kappa shape index (κ1) is 14.9. The molecule has 0 aromatic heterocycles. The molecule has 2 nitrogen and oxygen atoms in total. The summed E-state index contributed by atoms with van der Waals surface area (Å²) in [7, 11) is 2.09. The summed E-state index contributed by atoms with van der Waals surface area (Å²) in [6, 6.07) is 0.646. The van der Waals surface area contributed by atoms with Gasteiger partial charge in [0.25, 0.3) is 0 Å². The van der Waals surface area contributed by atoms with E-state index in [1.165, 1.54) is 38.9 Å². The molecule has 0 heterocycles. The van der Waals surface area contributed by atoms with E-state index >= 15 is 0 Å². The molecule has 0 radical (unpaired) electrons. The second-order valence-corrected chi connectivity index (χ2v) is 4.58. The lowest BCUT2D eigenvalue weighted by atomic mass is 9.98. The maximum absolute atomic E-state index is 3.46. The van der Waals surface area contributed by atoms with Crippen LogP contribution in [0.2, 0.25) is 0 Å². The van der Waals surface area contributed by atoms with Crippen molar-refractivity contribution in [3.05, 3.63) is 0 Å². The van der Waals surface area contributed by atoms with E-state index in [0.29, 0.717) is 6.04 Å². The van der Waals surface area contributed by atoms with E-state index in [4.69, 9.17) is 0 Å². The maximum Gasteiger partial charge on any atom is 0.0217 e. The van der Waals surface area contributed by atoms with Crippen molar-refractivity contribution in [2.75, 3.05) is 26.7 Å². The highest BCUT2D eigenvalue weighted by molar-refractivity contribution is 4.75. The Labute approximate surface area is 96.4 Å². The highest BCUT2D eigenvalue weighted by Gasteiger charge is 2.16. The molecule has 0 saturated carbocycles. The Hall–Kier alpha value is -0.0800. The third-order valence-corrected chi connectivity index (χ3v) is 3.24. The first-order chi connectivity index (χ1) is 7.19. The van der Waals surface area contributed by atoms with Gasteiger partial charge in [-0.25, -0.2) is 0 Å². The number of rotatable bonds is 9. The molecule has 1 N–H and O–H groups in total. The summed E-state index contributed by atoms with van der Waals surface area (Å²) in [5, 5.41) is 3.46. The van der Waals surface area contributed by atoms with Crippen LogP contribution in [0.15, 0.2) is 0 Å². The van der Waals surface area contributed by atoms with Gasteiger partial charge in [0, 0.05) is 12.6 Å². The lowest BCUT2D eigenvalue weighted by Gasteiger charge is -2.30. The van der Waals surface area contributed by atoms with E-state index in [1.807, 2.05) is 0 Å². The average molecular weight is 214 g/mol.